The first kappa shape index (κ1) is 12.9. The van der Waals surface area contributed by atoms with Crippen LogP contribution in [0.5, 0.6) is 0 Å². The number of piperidine rings is 1. The molecule has 1 aromatic carbocycles. The van der Waals surface area contributed by atoms with Gasteiger partial charge in [-0.25, -0.2) is 0 Å². The van der Waals surface area contributed by atoms with Gasteiger partial charge in [-0.05, 0) is 69.1 Å². The first-order valence-electron chi connectivity index (χ1n) is 6.50. The van der Waals surface area contributed by atoms with E-state index in [0.717, 1.165) is 30.5 Å². The molecule has 0 amide bonds. The van der Waals surface area contributed by atoms with Gasteiger partial charge in [-0.15, -0.1) is 0 Å². The largest absolute Gasteiger partial charge is 0.316 e. The molecular weight excluding hydrogens is 232 g/mol. The fraction of sp³-hybridized carbons (Fsp3) is 0.571. The molecule has 1 aliphatic rings. The van der Waals surface area contributed by atoms with Gasteiger partial charge >= 0.3 is 0 Å². The molecule has 2 rings (SSSR count). The minimum atomic E-state index is 0.814. The highest BCUT2D eigenvalue weighted by atomic mass is 35.5. The second-order valence-corrected chi connectivity index (χ2v) is 5.23. The van der Waals surface area contributed by atoms with Gasteiger partial charge < -0.3 is 10.6 Å². The molecule has 0 radical (unpaired) electrons. The molecule has 1 aromatic rings. The number of hydrogen-bond donors (Lipinski definition) is 2. The molecular formula is C14H21ClN2. The maximum absolute atomic E-state index is 5.85. The molecule has 0 spiro atoms. The summed E-state index contributed by atoms with van der Waals surface area (Å²) in [7, 11) is 0. The molecule has 2 nitrogen and oxygen atoms in total. The third-order valence-electron chi connectivity index (χ3n) is 3.34. The van der Waals surface area contributed by atoms with Crippen molar-refractivity contribution in [2.45, 2.75) is 19.3 Å². The Morgan fingerprint density at radius 1 is 1.29 bits per heavy atom. The van der Waals surface area contributed by atoms with E-state index < -0.39 is 0 Å². The van der Waals surface area contributed by atoms with E-state index in [1.807, 2.05) is 12.1 Å². The molecule has 0 aromatic heterocycles. The Kier molecular flexibility index (Phi) is 5.30. The molecule has 1 atom stereocenters. The molecule has 0 bridgehead atoms. The Balaban J connectivity index is 1.60. The van der Waals surface area contributed by atoms with Crippen molar-refractivity contribution in [3.63, 3.8) is 0 Å². The van der Waals surface area contributed by atoms with Gasteiger partial charge in [-0.2, -0.15) is 0 Å². The minimum absolute atomic E-state index is 0.814. The maximum atomic E-state index is 5.85. The standard InChI is InChI=1S/C14H21ClN2/c15-14-5-3-12(4-6-14)7-9-17-11-13-2-1-8-16-10-13/h3-6,13,16-17H,1-2,7-11H2. The van der Waals surface area contributed by atoms with E-state index in [1.165, 1.54) is 31.5 Å². The molecule has 3 heteroatoms. The van der Waals surface area contributed by atoms with Crippen molar-refractivity contribution in [1.82, 2.24) is 10.6 Å². The third kappa shape index (κ3) is 4.66. The molecule has 2 N–H and O–H groups in total. The summed E-state index contributed by atoms with van der Waals surface area (Å²) in [6, 6.07) is 8.13. The van der Waals surface area contributed by atoms with Gasteiger partial charge in [0.2, 0.25) is 0 Å². The lowest BCUT2D eigenvalue weighted by molar-refractivity contribution is 0.361. The lowest BCUT2D eigenvalue weighted by atomic mass is 10.00. The van der Waals surface area contributed by atoms with Crippen molar-refractivity contribution in [1.29, 1.82) is 0 Å². The van der Waals surface area contributed by atoms with E-state index in [0.29, 0.717) is 0 Å². The minimum Gasteiger partial charge on any atom is -0.316 e. The molecule has 17 heavy (non-hydrogen) atoms. The van der Waals surface area contributed by atoms with Crippen LogP contribution in [0.4, 0.5) is 0 Å². The summed E-state index contributed by atoms with van der Waals surface area (Å²) in [5.41, 5.74) is 1.35. The smallest absolute Gasteiger partial charge is 0.0406 e. The molecule has 0 aliphatic carbocycles. The lowest BCUT2D eigenvalue weighted by Crippen LogP contribution is -2.36. The van der Waals surface area contributed by atoms with Crippen LogP contribution in [0.3, 0.4) is 0 Å². The van der Waals surface area contributed by atoms with Crippen LogP contribution in [0.2, 0.25) is 5.02 Å². The molecule has 1 aliphatic heterocycles. The van der Waals surface area contributed by atoms with Crippen LogP contribution in [-0.2, 0) is 6.42 Å². The average Bonchev–Trinajstić information content (AvgIpc) is 2.38. The quantitative estimate of drug-likeness (QED) is 0.787. The summed E-state index contributed by atoms with van der Waals surface area (Å²) in [5, 5.41) is 7.81. The number of benzene rings is 1. The van der Waals surface area contributed by atoms with Gasteiger partial charge in [0.25, 0.3) is 0 Å². The van der Waals surface area contributed by atoms with Gasteiger partial charge in [0.05, 0.1) is 0 Å². The summed E-state index contributed by atoms with van der Waals surface area (Å²) in [6.07, 6.45) is 3.77. The molecule has 1 saturated heterocycles. The zero-order chi connectivity index (χ0) is 11.9. The van der Waals surface area contributed by atoms with Crippen molar-refractivity contribution in [2.75, 3.05) is 26.2 Å². The SMILES string of the molecule is Clc1ccc(CCNCC2CCCNC2)cc1. The zero-order valence-corrected chi connectivity index (χ0v) is 11.0. The third-order valence-corrected chi connectivity index (χ3v) is 3.59. The Morgan fingerprint density at radius 2 is 2.12 bits per heavy atom. The Labute approximate surface area is 109 Å². The van der Waals surface area contributed by atoms with E-state index in [1.54, 1.807) is 0 Å². The highest BCUT2D eigenvalue weighted by Gasteiger charge is 2.11. The summed E-state index contributed by atoms with van der Waals surface area (Å²) < 4.78 is 0. The van der Waals surface area contributed by atoms with Crippen LogP contribution >= 0.6 is 11.6 Å². The number of rotatable bonds is 5. The molecule has 94 valence electrons. The van der Waals surface area contributed by atoms with Crippen molar-refractivity contribution < 1.29 is 0 Å². The zero-order valence-electron chi connectivity index (χ0n) is 10.2. The van der Waals surface area contributed by atoms with Gasteiger partial charge in [-0.3, -0.25) is 0 Å². The highest BCUT2D eigenvalue weighted by Crippen LogP contribution is 2.10. The van der Waals surface area contributed by atoms with Crippen molar-refractivity contribution in [2.24, 2.45) is 5.92 Å². The van der Waals surface area contributed by atoms with Crippen LogP contribution in [0.1, 0.15) is 18.4 Å². The van der Waals surface area contributed by atoms with Crippen LogP contribution in [0.25, 0.3) is 0 Å². The molecule has 0 saturated carbocycles. The fourth-order valence-corrected chi connectivity index (χ4v) is 2.41. The summed E-state index contributed by atoms with van der Waals surface area (Å²) in [5.74, 6) is 0.814. The summed E-state index contributed by atoms with van der Waals surface area (Å²) in [4.78, 5) is 0. The van der Waals surface area contributed by atoms with Crippen molar-refractivity contribution >= 4 is 11.6 Å². The van der Waals surface area contributed by atoms with Gasteiger partial charge in [0, 0.05) is 5.02 Å². The van der Waals surface area contributed by atoms with E-state index in [-0.39, 0.29) is 0 Å². The van der Waals surface area contributed by atoms with Crippen LogP contribution in [0, 0.1) is 5.92 Å². The van der Waals surface area contributed by atoms with Crippen LogP contribution in [0.15, 0.2) is 24.3 Å². The van der Waals surface area contributed by atoms with E-state index in [2.05, 4.69) is 22.8 Å². The number of hydrogen-bond acceptors (Lipinski definition) is 2. The Morgan fingerprint density at radius 3 is 2.82 bits per heavy atom. The monoisotopic (exact) mass is 252 g/mol. The second kappa shape index (κ2) is 7.00. The average molecular weight is 253 g/mol. The van der Waals surface area contributed by atoms with Crippen LogP contribution in [-0.4, -0.2) is 26.2 Å². The number of halogens is 1. The molecule has 1 unspecified atom stereocenters. The van der Waals surface area contributed by atoms with E-state index in [9.17, 15) is 0 Å². The maximum Gasteiger partial charge on any atom is 0.0406 e. The van der Waals surface area contributed by atoms with Gasteiger partial charge in [0.1, 0.15) is 0 Å². The van der Waals surface area contributed by atoms with Crippen molar-refractivity contribution in [3.8, 4) is 0 Å². The van der Waals surface area contributed by atoms with Gasteiger partial charge in [0.15, 0.2) is 0 Å². The van der Waals surface area contributed by atoms with E-state index >= 15 is 0 Å². The highest BCUT2D eigenvalue weighted by molar-refractivity contribution is 6.30. The van der Waals surface area contributed by atoms with Crippen molar-refractivity contribution in [3.05, 3.63) is 34.9 Å². The van der Waals surface area contributed by atoms with Gasteiger partial charge in [-0.1, -0.05) is 23.7 Å². The van der Waals surface area contributed by atoms with E-state index in [4.69, 9.17) is 11.6 Å². The Bertz CT molecular complexity index is 317. The molecule has 1 heterocycles. The summed E-state index contributed by atoms with van der Waals surface area (Å²) in [6.45, 7) is 4.56. The number of nitrogens with one attached hydrogen (secondary N) is 2. The predicted octanol–water partition coefficient (Wildman–Crippen LogP) is 2.47. The first-order valence-corrected chi connectivity index (χ1v) is 6.88. The Hall–Kier alpha value is -0.570. The first-order chi connectivity index (χ1) is 8.34. The van der Waals surface area contributed by atoms with Crippen LogP contribution < -0.4 is 10.6 Å². The summed E-state index contributed by atoms with van der Waals surface area (Å²) >= 11 is 5.85. The predicted molar refractivity (Wildman–Crippen MR) is 73.6 cm³/mol. The lowest BCUT2D eigenvalue weighted by Gasteiger charge is -2.22. The fourth-order valence-electron chi connectivity index (χ4n) is 2.29. The molecule has 1 fully saturated rings. The normalized spacial score (nSPS) is 20.4. The second-order valence-electron chi connectivity index (χ2n) is 4.79. The topological polar surface area (TPSA) is 24.1 Å².